The summed E-state index contributed by atoms with van der Waals surface area (Å²) in [4.78, 5) is 10.9. The highest BCUT2D eigenvalue weighted by Crippen LogP contribution is 2.31. The lowest BCUT2D eigenvalue weighted by atomic mass is 10.1. The Balaban J connectivity index is 2.11. The number of benzene rings is 1. The first-order valence-corrected chi connectivity index (χ1v) is 7.50. The van der Waals surface area contributed by atoms with Crippen molar-refractivity contribution in [1.29, 1.82) is 0 Å². The molecule has 1 fully saturated rings. The van der Waals surface area contributed by atoms with Crippen LogP contribution in [-0.4, -0.2) is 33.6 Å². The lowest BCUT2D eigenvalue weighted by Crippen LogP contribution is -2.45. The number of nitrogens with zero attached hydrogens (tertiary/aromatic N) is 3. The highest BCUT2D eigenvalue weighted by Gasteiger charge is 2.27. The average Bonchev–Trinajstić information content (AvgIpc) is 2.41. The Morgan fingerprint density at radius 2 is 2.16 bits per heavy atom. The number of aromatic nitrogens is 2. The molecule has 1 aliphatic heterocycles. The summed E-state index contributed by atoms with van der Waals surface area (Å²) in [5, 5.41) is 1.35. The summed E-state index contributed by atoms with van der Waals surface area (Å²) in [6.07, 6.45) is 1.56. The Morgan fingerprint density at radius 1 is 1.32 bits per heavy atom. The van der Waals surface area contributed by atoms with E-state index < -0.39 is 0 Å². The fraction of sp³-hybridized carbons (Fsp3) is 0.429. The minimum Gasteiger partial charge on any atom is -0.351 e. The normalized spacial score (nSPS) is 23.8. The molecule has 0 N–H and O–H groups in total. The molecule has 0 amide bonds. The molecule has 2 unspecified atom stereocenters. The zero-order chi connectivity index (χ0) is 13.4. The maximum absolute atomic E-state index is 13.5. The van der Waals surface area contributed by atoms with Crippen LogP contribution in [0.3, 0.4) is 0 Å². The van der Waals surface area contributed by atoms with E-state index in [9.17, 15) is 4.39 Å². The number of hydrogen-bond donors (Lipinski definition) is 0. The average molecular weight is 277 g/mol. The van der Waals surface area contributed by atoms with Gasteiger partial charge in [-0.1, -0.05) is 6.92 Å². The lowest BCUT2D eigenvalue weighted by molar-refractivity contribution is 0.619. The molecule has 1 aromatic heterocycles. The number of thioether (sulfide) groups is 1. The van der Waals surface area contributed by atoms with Crippen molar-refractivity contribution in [3.8, 4) is 0 Å². The van der Waals surface area contributed by atoms with Gasteiger partial charge >= 0.3 is 0 Å². The molecule has 1 aliphatic rings. The number of halogens is 1. The summed E-state index contributed by atoms with van der Waals surface area (Å²) >= 11 is 1.97. The Hall–Kier alpha value is -1.36. The maximum atomic E-state index is 13.5. The molecule has 0 bridgehead atoms. The van der Waals surface area contributed by atoms with Gasteiger partial charge in [-0.15, -0.1) is 0 Å². The number of fused-ring (bicyclic) bond motifs is 1. The van der Waals surface area contributed by atoms with Crippen molar-refractivity contribution in [2.45, 2.75) is 25.1 Å². The highest BCUT2D eigenvalue weighted by molar-refractivity contribution is 8.00. The van der Waals surface area contributed by atoms with Crippen molar-refractivity contribution in [2.24, 2.45) is 0 Å². The third-order valence-corrected chi connectivity index (χ3v) is 5.07. The standard InChI is InChI=1S/C14H16FN3S/c1-9-10(2)19-6-5-18(9)14-12-7-11(15)3-4-13(12)16-8-17-14/h3-4,7-10H,5-6H2,1-2H3. The summed E-state index contributed by atoms with van der Waals surface area (Å²) in [6, 6.07) is 5.07. The predicted molar refractivity (Wildman–Crippen MR) is 78.2 cm³/mol. The quantitative estimate of drug-likeness (QED) is 0.801. The molecule has 1 saturated heterocycles. The van der Waals surface area contributed by atoms with E-state index in [1.165, 1.54) is 12.1 Å². The molecule has 0 saturated carbocycles. The van der Waals surface area contributed by atoms with E-state index in [0.717, 1.165) is 29.0 Å². The number of anilines is 1. The van der Waals surface area contributed by atoms with Gasteiger partial charge in [-0.2, -0.15) is 11.8 Å². The molecule has 100 valence electrons. The number of hydrogen-bond acceptors (Lipinski definition) is 4. The van der Waals surface area contributed by atoms with E-state index in [1.807, 2.05) is 11.8 Å². The zero-order valence-corrected chi connectivity index (χ0v) is 11.8. The molecular weight excluding hydrogens is 261 g/mol. The summed E-state index contributed by atoms with van der Waals surface area (Å²) in [5.74, 6) is 1.69. The Morgan fingerprint density at radius 3 is 3.00 bits per heavy atom. The maximum Gasteiger partial charge on any atom is 0.140 e. The molecule has 2 heterocycles. The van der Waals surface area contributed by atoms with Gasteiger partial charge in [0, 0.05) is 29.0 Å². The monoisotopic (exact) mass is 277 g/mol. The summed E-state index contributed by atoms with van der Waals surface area (Å²) in [7, 11) is 0. The first-order chi connectivity index (χ1) is 9.16. The smallest absolute Gasteiger partial charge is 0.140 e. The molecule has 3 rings (SSSR count). The second-order valence-corrected chi connectivity index (χ2v) is 6.35. The van der Waals surface area contributed by atoms with Crippen LogP contribution in [0.5, 0.6) is 0 Å². The van der Waals surface area contributed by atoms with Gasteiger partial charge in [0.05, 0.1) is 5.52 Å². The van der Waals surface area contributed by atoms with Crippen molar-refractivity contribution in [3.63, 3.8) is 0 Å². The second-order valence-electron chi connectivity index (χ2n) is 4.87. The van der Waals surface area contributed by atoms with Crippen molar-refractivity contribution in [2.75, 3.05) is 17.2 Å². The van der Waals surface area contributed by atoms with Gasteiger partial charge in [0.1, 0.15) is 18.0 Å². The van der Waals surface area contributed by atoms with Crippen LogP contribution in [0.1, 0.15) is 13.8 Å². The largest absolute Gasteiger partial charge is 0.351 e. The summed E-state index contributed by atoms with van der Waals surface area (Å²) in [5.41, 5.74) is 0.796. The minimum absolute atomic E-state index is 0.240. The first-order valence-electron chi connectivity index (χ1n) is 6.45. The van der Waals surface area contributed by atoms with Crippen molar-refractivity contribution in [1.82, 2.24) is 9.97 Å². The van der Waals surface area contributed by atoms with E-state index in [2.05, 4.69) is 28.7 Å². The first kappa shape index (κ1) is 12.7. The molecule has 0 radical (unpaired) electrons. The van der Waals surface area contributed by atoms with Gasteiger partial charge in [0.2, 0.25) is 0 Å². The highest BCUT2D eigenvalue weighted by atomic mass is 32.2. The molecule has 19 heavy (non-hydrogen) atoms. The van der Waals surface area contributed by atoms with Crippen LogP contribution >= 0.6 is 11.8 Å². The van der Waals surface area contributed by atoms with Crippen LogP contribution in [0.15, 0.2) is 24.5 Å². The van der Waals surface area contributed by atoms with E-state index in [-0.39, 0.29) is 5.82 Å². The molecule has 1 aromatic carbocycles. The van der Waals surface area contributed by atoms with E-state index >= 15 is 0 Å². The van der Waals surface area contributed by atoms with Crippen LogP contribution in [0.4, 0.5) is 10.2 Å². The SMILES string of the molecule is CC1SCCN(c2ncnc3ccc(F)cc23)C1C. The van der Waals surface area contributed by atoms with Crippen LogP contribution in [0.25, 0.3) is 10.9 Å². The molecule has 3 nitrogen and oxygen atoms in total. The minimum atomic E-state index is -0.240. The van der Waals surface area contributed by atoms with E-state index in [4.69, 9.17) is 0 Å². The molecule has 0 aliphatic carbocycles. The van der Waals surface area contributed by atoms with Crippen molar-refractivity contribution in [3.05, 3.63) is 30.3 Å². The number of rotatable bonds is 1. The predicted octanol–water partition coefficient (Wildman–Crippen LogP) is 3.10. The zero-order valence-electron chi connectivity index (χ0n) is 11.0. The van der Waals surface area contributed by atoms with Gasteiger partial charge in [0.25, 0.3) is 0 Å². The van der Waals surface area contributed by atoms with Gasteiger partial charge in [0.15, 0.2) is 0 Å². The fourth-order valence-corrected chi connectivity index (χ4v) is 3.58. The van der Waals surface area contributed by atoms with Gasteiger partial charge in [-0.25, -0.2) is 14.4 Å². The van der Waals surface area contributed by atoms with E-state index in [1.54, 1.807) is 12.4 Å². The van der Waals surface area contributed by atoms with Crippen LogP contribution in [0, 0.1) is 5.82 Å². The van der Waals surface area contributed by atoms with Crippen LogP contribution < -0.4 is 4.90 Å². The van der Waals surface area contributed by atoms with Crippen LogP contribution in [-0.2, 0) is 0 Å². The second kappa shape index (κ2) is 4.96. The fourth-order valence-electron chi connectivity index (χ4n) is 2.48. The molecule has 0 spiro atoms. The van der Waals surface area contributed by atoms with Gasteiger partial charge in [-0.05, 0) is 25.1 Å². The van der Waals surface area contributed by atoms with Crippen LogP contribution in [0.2, 0.25) is 0 Å². The Kier molecular flexibility index (Phi) is 3.31. The van der Waals surface area contributed by atoms with Crippen molar-refractivity contribution >= 4 is 28.5 Å². The molecule has 2 atom stereocenters. The Labute approximate surface area is 116 Å². The van der Waals surface area contributed by atoms with Crippen molar-refractivity contribution < 1.29 is 4.39 Å². The molecule has 2 aromatic rings. The third kappa shape index (κ3) is 2.27. The summed E-state index contributed by atoms with van der Waals surface area (Å²) < 4.78 is 13.5. The molecule has 5 heteroatoms. The van der Waals surface area contributed by atoms with E-state index in [0.29, 0.717) is 11.3 Å². The molecular formula is C14H16FN3S. The van der Waals surface area contributed by atoms with Gasteiger partial charge < -0.3 is 4.90 Å². The van der Waals surface area contributed by atoms with Gasteiger partial charge in [-0.3, -0.25) is 0 Å². The Bertz CT molecular complexity index is 604. The third-order valence-electron chi connectivity index (χ3n) is 3.73. The lowest BCUT2D eigenvalue weighted by Gasteiger charge is -2.38. The topological polar surface area (TPSA) is 29.0 Å². The summed E-state index contributed by atoms with van der Waals surface area (Å²) in [6.45, 7) is 5.37.